The van der Waals surface area contributed by atoms with Crippen molar-refractivity contribution in [2.75, 3.05) is 19.8 Å². The second-order valence-corrected chi connectivity index (χ2v) is 9.33. The minimum atomic E-state index is -4.47. The summed E-state index contributed by atoms with van der Waals surface area (Å²) in [4.78, 5) is 18.7. The molecule has 2 bridgehead atoms. The molecule has 3 aliphatic rings. The van der Waals surface area contributed by atoms with Gasteiger partial charge in [0.15, 0.2) is 0 Å². The van der Waals surface area contributed by atoms with E-state index >= 15 is 0 Å². The highest BCUT2D eigenvalue weighted by atomic mass is 19.4. The zero-order valence-electron chi connectivity index (χ0n) is 19.2. The Morgan fingerprint density at radius 1 is 1.03 bits per heavy atom. The van der Waals surface area contributed by atoms with Crippen LogP contribution in [0.15, 0.2) is 73.1 Å². The fraction of sp³-hybridized carbons (Fsp3) is 0.286. The maximum Gasteiger partial charge on any atom is 0.417 e. The number of nitrogens with zero attached hydrogens (tertiary/aromatic N) is 2. The van der Waals surface area contributed by atoms with Crippen LogP contribution in [-0.2, 0) is 15.7 Å². The van der Waals surface area contributed by atoms with Crippen molar-refractivity contribution in [1.29, 1.82) is 0 Å². The summed E-state index contributed by atoms with van der Waals surface area (Å²) in [5.74, 6) is -0.0514. The van der Waals surface area contributed by atoms with Crippen LogP contribution in [0.4, 0.5) is 18.0 Å². The van der Waals surface area contributed by atoms with Crippen molar-refractivity contribution in [2.24, 2.45) is 0 Å². The first-order valence-electron chi connectivity index (χ1n) is 11.8. The lowest BCUT2D eigenvalue weighted by atomic mass is 9.90. The summed E-state index contributed by atoms with van der Waals surface area (Å²) in [6, 6.07) is 16.6. The van der Waals surface area contributed by atoms with Crippen LogP contribution in [0.2, 0.25) is 0 Å². The van der Waals surface area contributed by atoms with Crippen molar-refractivity contribution in [3.63, 3.8) is 0 Å². The van der Waals surface area contributed by atoms with E-state index in [2.05, 4.69) is 29.2 Å². The van der Waals surface area contributed by atoms with Gasteiger partial charge < -0.3 is 9.47 Å². The van der Waals surface area contributed by atoms with E-state index in [9.17, 15) is 18.0 Å². The summed E-state index contributed by atoms with van der Waals surface area (Å²) in [7, 11) is 0. The summed E-state index contributed by atoms with van der Waals surface area (Å²) in [6.07, 6.45) is -0.490. The Morgan fingerprint density at radius 2 is 1.72 bits per heavy atom. The molecule has 0 saturated carbocycles. The Kier molecular flexibility index (Phi) is 5.56. The van der Waals surface area contributed by atoms with Gasteiger partial charge in [-0.1, -0.05) is 54.6 Å². The molecule has 3 aromatic rings. The summed E-state index contributed by atoms with van der Waals surface area (Å²) in [5.41, 5.74) is 4.92. The Morgan fingerprint density at radius 3 is 2.39 bits per heavy atom. The third kappa shape index (κ3) is 3.95. The number of aromatic nitrogens is 1. The molecule has 1 aliphatic carbocycles. The number of carbonyl (C=O) groups excluding carboxylic acids is 1. The van der Waals surface area contributed by atoms with Gasteiger partial charge in [-0.3, -0.25) is 9.88 Å². The first-order chi connectivity index (χ1) is 17.4. The molecule has 36 heavy (non-hydrogen) atoms. The zero-order chi connectivity index (χ0) is 24.9. The van der Waals surface area contributed by atoms with Crippen LogP contribution in [0.5, 0.6) is 0 Å². The van der Waals surface area contributed by atoms with Crippen LogP contribution >= 0.6 is 0 Å². The molecule has 1 aromatic heterocycles. The summed E-state index contributed by atoms with van der Waals surface area (Å²) < 4.78 is 51.1. The van der Waals surface area contributed by atoms with Crippen LogP contribution in [0.25, 0.3) is 16.7 Å². The first-order valence-corrected chi connectivity index (χ1v) is 11.8. The number of carbonyl (C=O) groups is 1. The van der Waals surface area contributed by atoms with Gasteiger partial charge in [0.05, 0.1) is 30.9 Å². The fourth-order valence-electron chi connectivity index (χ4n) is 5.53. The Bertz CT molecular complexity index is 1310. The maximum atomic E-state index is 13.3. The molecule has 1 amide bonds. The third-order valence-corrected chi connectivity index (χ3v) is 7.18. The largest absolute Gasteiger partial charge is 0.448 e. The molecule has 0 N–H and O–H groups in total. The van der Waals surface area contributed by atoms with Crippen LogP contribution in [-0.4, -0.2) is 47.9 Å². The molecule has 6 rings (SSSR count). The third-order valence-electron chi connectivity index (χ3n) is 7.18. The van der Waals surface area contributed by atoms with E-state index < -0.39 is 23.9 Å². The molecule has 2 aliphatic heterocycles. The monoisotopic (exact) mass is 492 g/mol. The van der Waals surface area contributed by atoms with Gasteiger partial charge in [-0.05, 0) is 45.9 Å². The number of benzene rings is 2. The number of amides is 1. The second kappa shape index (κ2) is 8.78. The Labute approximate surface area is 206 Å². The quantitative estimate of drug-likeness (QED) is 0.457. The highest BCUT2D eigenvalue weighted by molar-refractivity contribution is 5.79. The number of halogens is 3. The molecule has 3 heterocycles. The zero-order valence-corrected chi connectivity index (χ0v) is 19.2. The van der Waals surface area contributed by atoms with Crippen molar-refractivity contribution in [2.45, 2.75) is 30.6 Å². The minimum absolute atomic E-state index is 0.0514. The van der Waals surface area contributed by atoms with Gasteiger partial charge in [-0.15, -0.1) is 0 Å². The Hall–Kier alpha value is -3.65. The predicted octanol–water partition coefficient (Wildman–Crippen LogP) is 5.91. The van der Waals surface area contributed by atoms with Crippen LogP contribution in [0, 0.1) is 0 Å². The van der Waals surface area contributed by atoms with E-state index in [1.165, 1.54) is 6.20 Å². The van der Waals surface area contributed by atoms with Gasteiger partial charge in [0.25, 0.3) is 0 Å². The fourth-order valence-corrected chi connectivity index (χ4v) is 5.53. The molecule has 2 unspecified atom stereocenters. The second-order valence-electron chi connectivity index (χ2n) is 9.33. The number of hydrogen-bond donors (Lipinski definition) is 0. The molecule has 1 saturated heterocycles. The summed E-state index contributed by atoms with van der Waals surface area (Å²) in [6.45, 7) is 0.763. The lowest BCUT2D eigenvalue weighted by Gasteiger charge is -2.44. The lowest BCUT2D eigenvalue weighted by molar-refractivity contribution is -0.137. The number of ether oxygens (including phenoxy) is 2. The molecule has 5 nitrogen and oxygen atoms in total. The molecular weight excluding hydrogens is 469 g/mol. The standard InChI is InChI=1S/C28H23F3N2O3/c29-28(30,31)19-9-18(12-32-13-19)17-10-20-14-35-15-21(11-17)33(20)27(34)36-16-26-24-7-3-1-5-22(24)23-6-2-4-8-25(23)26/h1-10,12-13,20-21,26H,11,14-16H2. The number of pyridine rings is 1. The van der Waals surface area contributed by atoms with E-state index in [0.717, 1.165) is 40.1 Å². The van der Waals surface area contributed by atoms with E-state index in [0.29, 0.717) is 18.6 Å². The van der Waals surface area contributed by atoms with Gasteiger partial charge in [-0.2, -0.15) is 13.2 Å². The smallest absolute Gasteiger partial charge is 0.417 e. The van der Waals surface area contributed by atoms with Crippen molar-refractivity contribution in [3.05, 3.63) is 95.3 Å². The normalized spacial score (nSPS) is 21.0. The van der Waals surface area contributed by atoms with E-state index in [1.54, 1.807) is 11.0 Å². The first kappa shape index (κ1) is 22.8. The van der Waals surface area contributed by atoms with Gasteiger partial charge in [0, 0.05) is 18.3 Å². The van der Waals surface area contributed by atoms with Crippen molar-refractivity contribution in [3.8, 4) is 11.1 Å². The van der Waals surface area contributed by atoms with Crippen LogP contribution in [0.1, 0.15) is 34.6 Å². The summed E-state index contributed by atoms with van der Waals surface area (Å²) >= 11 is 0. The van der Waals surface area contributed by atoms with Gasteiger partial charge in [0.2, 0.25) is 0 Å². The van der Waals surface area contributed by atoms with E-state index in [1.807, 2.05) is 24.3 Å². The highest BCUT2D eigenvalue weighted by Crippen LogP contribution is 2.45. The minimum Gasteiger partial charge on any atom is -0.448 e. The van der Waals surface area contributed by atoms with Gasteiger partial charge in [0.1, 0.15) is 6.61 Å². The van der Waals surface area contributed by atoms with E-state index in [4.69, 9.17) is 9.47 Å². The molecule has 184 valence electrons. The topological polar surface area (TPSA) is 51.7 Å². The SMILES string of the molecule is O=C(OCC1c2ccccc2-c2ccccc21)N1C2C=C(c3cncc(C(F)(F)F)c3)CC1COC2. The average molecular weight is 492 g/mol. The molecule has 0 spiro atoms. The molecule has 2 atom stereocenters. The van der Waals surface area contributed by atoms with E-state index in [-0.39, 0.29) is 25.2 Å². The molecule has 1 fully saturated rings. The average Bonchev–Trinajstić information content (AvgIpc) is 3.20. The number of fused-ring (bicyclic) bond motifs is 5. The predicted molar refractivity (Wildman–Crippen MR) is 127 cm³/mol. The lowest BCUT2D eigenvalue weighted by Crippen LogP contribution is -2.56. The molecular formula is C28H23F3N2O3. The molecule has 8 heteroatoms. The maximum absolute atomic E-state index is 13.3. The number of hydrogen-bond acceptors (Lipinski definition) is 4. The summed E-state index contributed by atoms with van der Waals surface area (Å²) in [5, 5.41) is 0. The number of morpholine rings is 1. The number of alkyl halides is 3. The van der Waals surface area contributed by atoms with Crippen molar-refractivity contribution >= 4 is 11.7 Å². The highest BCUT2D eigenvalue weighted by Gasteiger charge is 2.40. The van der Waals surface area contributed by atoms with Crippen molar-refractivity contribution < 1.29 is 27.4 Å². The van der Waals surface area contributed by atoms with Crippen LogP contribution in [0.3, 0.4) is 0 Å². The van der Waals surface area contributed by atoms with Gasteiger partial charge >= 0.3 is 12.3 Å². The van der Waals surface area contributed by atoms with Crippen molar-refractivity contribution in [1.82, 2.24) is 9.88 Å². The molecule has 2 aromatic carbocycles. The Balaban J connectivity index is 1.22. The number of rotatable bonds is 3. The van der Waals surface area contributed by atoms with Crippen LogP contribution < -0.4 is 0 Å². The molecule has 0 radical (unpaired) electrons. The van der Waals surface area contributed by atoms with Gasteiger partial charge in [-0.25, -0.2) is 4.79 Å².